The highest BCUT2D eigenvalue weighted by Crippen LogP contribution is 2.15. The van der Waals surface area contributed by atoms with Crippen LogP contribution in [0.3, 0.4) is 0 Å². The largest absolute Gasteiger partial charge is 0.332 e. The van der Waals surface area contributed by atoms with Crippen molar-refractivity contribution < 1.29 is 8.42 Å². The fraction of sp³-hybridized carbons (Fsp3) is 0.100. The molecule has 2 rings (SSSR count). The number of nitrogens with one attached hydrogen (secondary N) is 2. The van der Waals surface area contributed by atoms with Crippen LogP contribution in [0.1, 0.15) is 5.82 Å². The maximum absolute atomic E-state index is 11.9. The van der Waals surface area contributed by atoms with E-state index in [0.29, 0.717) is 11.5 Å². The number of imidazole rings is 1. The van der Waals surface area contributed by atoms with E-state index in [9.17, 15) is 8.42 Å². The van der Waals surface area contributed by atoms with Gasteiger partial charge in [-0.2, -0.15) is 8.42 Å². The van der Waals surface area contributed by atoms with Gasteiger partial charge in [0.15, 0.2) is 5.03 Å². The molecule has 0 spiro atoms. The van der Waals surface area contributed by atoms with E-state index in [1.54, 1.807) is 19.1 Å². The second kappa shape index (κ2) is 4.65. The van der Waals surface area contributed by atoms with Gasteiger partial charge < -0.3 is 4.98 Å². The fourth-order valence-electron chi connectivity index (χ4n) is 1.26. The molecule has 0 bridgehead atoms. The summed E-state index contributed by atoms with van der Waals surface area (Å²) in [6.45, 7) is 1.70. The van der Waals surface area contributed by atoms with Crippen LogP contribution in [0.25, 0.3) is 0 Å². The fourth-order valence-corrected chi connectivity index (χ4v) is 2.65. The molecule has 2 N–H and O–H groups in total. The Hall–Kier alpha value is -1.09. The van der Waals surface area contributed by atoms with E-state index in [-0.39, 0.29) is 5.03 Å². The lowest BCUT2D eigenvalue weighted by Crippen LogP contribution is -2.13. The number of hydrogen-bond donors (Lipinski definition) is 2. The summed E-state index contributed by atoms with van der Waals surface area (Å²) in [5.41, 5.74) is 0.526. The SMILES string of the molecule is Cc1ncc(S(=O)(=O)Nc2ccc(I)cc2)[nH]1. The van der Waals surface area contributed by atoms with Crippen LogP contribution in [-0.4, -0.2) is 18.4 Å². The minimum atomic E-state index is -3.58. The zero-order valence-electron chi connectivity index (χ0n) is 8.94. The third-order valence-corrected chi connectivity index (χ3v) is 4.08. The number of aromatic nitrogens is 2. The van der Waals surface area contributed by atoms with Crippen molar-refractivity contribution in [2.45, 2.75) is 11.9 Å². The van der Waals surface area contributed by atoms with Gasteiger partial charge in [-0.25, -0.2) is 4.98 Å². The summed E-state index contributed by atoms with van der Waals surface area (Å²) < 4.78 is 27.3. The second-order valence-electron chi connectivity index (χ2n) is 3.45. The van der Waals surface area contributed by atoms with Gasteiger partial charge in [-0.1, -0.05) is 0 Å². The molecule has 0 saturated carbocycles. The monoisotopic (exact) mass is 363 g/mol. The van der Waals surface area contributed by atoms with Crippen LogP contribution in [0.4, 0.5) is 5.69 Å². The molecule has 1 aromatic carbocycles. The Morgan fingerprint density at radius 1 is 1.29 bits per heavy atom. The standard InChI is InChI=1S/C10H10IN3O2S/c1-7-12-6-10(13-7)17(15,16)14-9-4-2-8(11)3-5-9/h2-6,14H,1H3,(H,12,13). The lowest BCUT2D eigenvalue weighted by Gasteiger charge is -2.05. The van der Waals surface area contributed by atoms with E-state index in [1.165, 1.54) is 6.20 Å². The van der Waals surface area contributed by atoms with Crippen LogP contribution in [0.15, 0.2) is 35.5 Å². The van der Waals surface area contributed by atoms with Crippen LogP contribution < -0.4 is 4.72 Å². The maximum atomic E-state index is 11.9. The third kappa shape index (κ3) is 2.97. The zero-order valence-corrected chi connectivity index (χ0v) is 11.9. The number of hydrogen-bond acceptors (Lipinski definition) is 3. The minimum absolute atomic E-state index is 0.0635. The molecule has 1 heterocycles. The smallest absolute Gasteiger partial charge is 0.278 e. The molecule has 0 radical (unpaired) electrons. The second-order valence-corrected chi connectivity index (χ2v) is 6.34. The van der Waals surface area contributed by atoms with Gasteiger partial charge in [0.1, 0.15) is 5.82 Å². The quantitative estimate of drug-likeness (QED) is 0.821. The van der Waals surface area contributed by atoms with Crippen molar-refractivity contribution in [1.82, 2.24) is 9.97 Å². The van der Waals surface area contributed by atoms with Crippen LogP contribution in [0, 0.1) is 10.5 Å². The molecule has 0 aliphatic heterocycles. The van der Waals surface area contributed by atoms with Gasteiger partial charge in [-0.15, -0.1) is 0 Å². The van der Waals surface area contributed by atoms with Gasteiger partial charge in [0.2, 0.25) is 0 Å². The molecule has 0 aliphatic rings. The van der Waals surface area contributed by atoms with Gasteiger partial charge in [0.25, 0.3) is 10.0 Å². The van der Waals surface area contributed by atoms with Crippen molar-refractivity contribution in [2.24, 2.45) is 0 Å². The molecule has 0 atom stereocenters. The Morgan fingerprint density at radius 2 is 1.94 bits per heavy atom. The predicted molar refractivity (Wildman–Crippen MR) is 73.3 cm³/mol. The number of nitrogens with zero attached hydrogens (tertiary/aromatic N) is 1. The lowest BCUT2D eigenvalue weighted by atomic mass is 10.3. The van der Waals surface area contributed by atoms with E-state index in [4.69, 9.17) is 0 Å². The van der Waals surface area contributed by atoms with Gasteiger partial charge in [-0.3, -0.25) is 4.72 Å². The van der Waals surface area contributed by atoms with E-state index < -0.39 is 10.0 Å². The average molecular weight is 363 g/mol. The van der Waals surface area contributed by atoms with E-state index >= 15 is 0 Å². The Bertz CT molecular complexity index is 619. The highest BCUT2D eigenvalue weighted by atomic mass is 127. The highest BCUT2D eigenvalue weighted by Gasteiger charge is 2.16. The topological polar surface area (TPSA) is 74.8 Å². The number of rotatable bonds is 3. The zero-order chi connectivity index (χ0) is 12.5. The molecule has 5 nitrogen and oxygen atoms in total. The Morgan fingerprint density at radius 3 is 2.47 bits per heavy atom. The Labute approximate surface area is 113 Å². The molecule has 1 aromatic heterocycles. The van der Waals surface area contributed by atoms with E-state index in [2.05, 4.69) is 37.3 Å². The minimum Gasteiger partial charge on any atom is -0.332 e. The van der Waals surface area contributed by atoms with Crippen molar-refractivity contribution in [3.05, 3.63) is 39.9 Å². The summed E-state index contributed by atoms with van der Waals surface area (Å²) in [5, 5.41) is 0.0635. The van der Waals surface area contributed by atoms with Gasteiger partial charge in [0.05, 0.1) is 6.20 Å². The van der Waals surface area contributed by atoms with Crippen LogP contribution in [0.5, 0.6) is 0 Å². The molecule has 0 unspecified atom stereocenters. The lowest BCUT2D eigenvalue weighted by molar-refractivity contribution is 0.598. The number of benzene rings is 1. The summed E-state index contributed by atoms with van der Waals surface area (Å²) in [6.07, 6.45) is 1.30. The van der Waals surface area contributed by atoms with Gasteiger partial charge >= 0.3 is 0 Å². The molecular weight excluding hydrogens is 353 g/mol. The Balaban J connectivity index is 2.26. The summed E-state index contributed by atoms with van der Waals surface area (Å²) in [5.74, 6) is 0.563. The molecule has 0 amide bonds. The van der Waals surface area contributed by atoms with Crippen molar-refractivity contribution in [2.75, 3.05) is 4.72 Å². The summed E-state index contributed by atoms with van der Waals surface area (Å²) in [7, 11) is -3.58. The van der Waals surface area contributed by atoms with Crippen molar-refractivity contribution in [1.29, 1.82) is 0 Å². The Kier molecular flexibility index (Phi) is 3.38. The molecular formula is C10H10IN3O2S. The number of H-pyrrole nitrogens is 1. The number of sulfonamides is 1. The third-order valence-electron chi connectivity index (χ3n) is 2.07. The summed E-state index contributed by atoms with van der Waals surface area (Å²) in [6, 6.07) is 7.08. The first kappa shape index (κ1) is 12.4. The van der Waals surface area contributed by atoms with Crippen molar-refractivity contribution >= 4 is 38.3 Å². The summed E-state index contributed by atoms with van der Waals surface area (Å²) >= 11 is 2.16. The predicted octanol–water partition coefficient (Wildman–Crippen LogP) is 2.12. The van der Waals surface area contributed by atoms with Crippen LogP contribution in [-0.2, 0) is 10.0 Å². The van der Waals surface area contributed by atoms with Crippen LogP contribution >= 0.6 is 22.6 Å². The van der Waals surface area contributed by atoms with Crippen LogP contribution in [0.2, 0.25) is 0 Å². The van der Waals surface area contributed by atoms with Crippen molar-refractivity contribution in [3.8, 4) is 0 Å². The molecule has 0 aliphatic carbocycles. The number of aromatic amines is 1. The number of aryl methyl sites for hydroxylation is 1. The molecule has 2 aromatic rings. The molecule has 90 valence electrons. The van der Waals surface area contributed by atoms with E-state index in [1.807, 2.05) is 12.1 Å². The first-order chi connectivity index (χ1) is 7.97. The molecule has 0 saturated heterocycles. The van der Waals surface area contributed by atoms with Gasteiger partial charge in [-0.05, 0) is 53.8 Å². The molecule has 0 fully saturated rings. The van der Waals surface area contributed by atoms with E-state index in [0.717, 1.165) is 3.57 Å². The average Bonchev–Trinajstić information content (AvgIpc) is 2.69. The summed E-state index contributed by atoms with van der Waals surface area (Å²) in [4.78, 5) is 6.55. The normalized spacial score (nSPS) is 11.4. The first-order valence-electron chi connectivity index (χ1n) is 4.77. The maximum Gasteiger partial charge on any atom is 0.278 e. The number of halogens is 1. The van der Waals surface area contributed by atoms with Crippen molar-refractivity contribution in [3.63, 3.8) is 0 Å². The number of anilines is 1. The molecule has 17 heavy (non-hydrogen) atoms. The first-order valence-corrected chi connectivity index (χ1v) is 7.33. The highest BCUT2D eigenvalue weighted by molar-refractivity contribution is 14.1. The molecule has 7 heteroatoms. The van der Waals surface area contributed by atoms with Gasteiger partial charge in [0, 0.05) is 9.26 Å².